The molecule has 0 unspecified atom stereocenters. The molecular weight excluding hydrogens is 270 g/mol. The summed E-state index contributed by atoms with van der Waals surface area (Å²) in [4.78, 5) is 0.226. The molecule has 0 amide bonds. The molecule has 0 fully saturated rings. The maximum absolute atomic E-state index is 12.1. The molecule has 2 aromatic carbocycles. The lowest BCUT2D eigenvalue weighted by Gasteiger charge is -2.09. The molecule has 0 saturated carbocycles. The van der Waals surface area contributed by atoms with Crippen molar-refractivity contribution in [1.82, 2.24) is 4.72 Å². The lowest BCUT2D eigenvalue weighted by atomic mass is 10.1. The zero-order valence-corrected chi connectivity index (χ0v) is 11.1. The highest BCUT2D eigenvalue weighted by Crippen LogP contribution is 2.28. The van der Waals surface area contributed by atoms with E-state index in [0.717, 1.165) is 5.39 Å². The molecule has 0 aliphatic heterocycles. The van der Waals surface area contributed by atoms with Crippen LogP contribution < -0.4 is 4.72 Å². The molecule has 0 aromatic heterocycles. The topological polar surface area (TPSA) is 46.2 Å². The molecule has 0 radical (unpaired) electrons. The molecule has 2 rings (SSSR count). The van der Waals surface area contributed by atoms with E-state index in [9.17, 15) is 8.42 Å². The van der Waals surface area contributed by atoms with E-state index in [-0.39, 0.29) is 11.4 Å². The monoisotopic (exact) mass is 281 g/mol. The Labute approximate surface area is 111 Å². The van der Waals surface area contributed by atoms with Gasteiger partial charge in [-0.25, -0.2) is 13.1 Å². The van der Waals surface area contributed by atoms with Gasteiger partial charge < -0.3 is 0 Å². The highest BCUT2D eigenvalue weighted by atomic mass is 35.5. The molecule has 1 N–H and O–H groups in total. The second-order valence-electron chi connectivity index (χ2n) is 3.73. The van der Waals surface area contributed by atoms with Crippen molar-refractivity contribution in [3.05, 3.63) is 54.1 Å². The fourth-order valence-electron chi connectivity index (χ4n) is 1.72. The maximum atomic E-state index is 12.1. The van der Waals surface area contributed by atoms with Gasteiger partial charge in [0.2, 0.25) is 10.0 Å². The van der Waals surface area contributed by atoms with E-state index in [1.165, 1.54) is 12.1 Å². The zero-order chi connectivity index (χ0) is 13.2. The van der Waals surface area contributed by atoms with Crippen molar-refractivity contribution in [1.29, 1.82) is 0 Å². The first-order valence-corrected chi connectivity index (χ1v) is 7.20. The van der Waals surface area contributed by atoms with E-state index >= 15 is 0 Å². The number of nitrogens with one attached hydrogen (secondary N) is 1. The molecule has 0 bridgehead atoms. The van der Waals surface area contributed by atoms with Crippen LogP contribution in [0.25, 0.3) is 10.8 Å². The number of halogens is 1. The highest BCUT2D eigenvalue weighted by Gasteiger charge is 2.17. The molecule has 0 aliphatic carbocycles. The predicted octanol–water partition coefficient (Wildman–Crippen LogP) is 2.96. The smallest absolute Gasteiger partial charge is 0.207 e. The van der Waals surface area contributed by atoms with Gasteiger partial charge >= 0.3 is 0 Å². The molecule has 2 aromatic rings. The summed E-state index contributed by atoms with van der Waals surface area (Å²) < 4.78 is 26.7. The van der Waals surface area contributed by atoms with Crippen LogP contribution in [0.1, 0.15) is 0 Å². The van der Waals surface area contributed by atoms with E-state index < -0.39 is 10.0 Å². The van der Waals surface area contributed by atoms with Crippen LogP contribution in [0.15, 0.2) is 53.9 Å². The van der Waals surface area contributed by atoms with Gasteiger partial charge in [0.25, 0.3) is 0 Å². The third-order valence-corrected chi connectivity index (χ3v) is 4.35. The molecule has 18 heavy (non-hydrogen) atoms. The van der Waals surface area contributed by atoms with Gasteiger partial charge in [-0.2, -0.15) is 0 Å². The molecule has 0 heterocycles. The average molecular weight is 282 g/mol. The van der Waals surface area contributed by atoms with E-state index in [1.807, 2.05) is 6.07 Å². The number of hydrogen-bond acceptors (Lipinski definition) is 2. The van der Waals surface area contributed by atoms with Gasteiger partial charge in [-0.1, -0.05) is 41.9 Å². The van der Waals surface area contributed by atoms with Crippen molar-refractivity contribution in [2.75, 3.05) is 6.54 Å². The molecule has 3 nitrogen and oxygen atoms in total. The summed E-state index contributed by atoms with van der Waals surface area (Å²) in [5.41, 5.74) is 0. The Morgan fingerprint density at radius 2 is 1.83 bits per heavy atom. The maximum Gasteiger partial charge on any atom is 0.241 e. The van der Waals surface area contributed by atoms with Gasteiger partial charge in [0.05, 0.1) is 4.90 Å². The van der Waals surface area contributed by atoms with Crippen molar-refractivity contribution in [2.24, 2.45) is 0 Å². The van der Waals surface area contributed by atoms with Crippen molar-refractivity contribution in [3.63, 3.8) is 0 Å². The number of fused-ring (bicyclic) bond motifs is 1. The fraction of sp³-hybridized carbons (Fsp3) is 0.0769. The van der Waals surface area contributed by atoms with Crippen LogP contribution in [0.4, 0.5) is 0 Å². The first kappa shape index (κ1) is 13.1. The normalized spacial score (nSPS) is 11.6. The summed E-state index contributed by atoms with van der Waals surface area (Å²) in [6.07, 6.45) is 1.50. The molecular formula is C13H12ClNO2S. The minimum absolute atomic E-state index is 0.194. The largest absolute Gasteiger partial charge is 0.241 e. The van der Waals surface area contributed by atoms with Gasteiger partial charge in [-0.3, -0.25) is 0 Å². The number of hydrogen-bond donors (Lipinski definition) is 1. The van der Waals surface area contributed by atoms with E-state index in [2.05, 4.69) is 11.3 Å². The molecule has 94 valence electrons. The van der Waals surface area contributed by atoms with Gasteiger partial charge in [0, 0.05) is 22.3 Å². The second-order valence-corrected chi connectivity index (χ2v) is 5.87. The highest BCUT2D eigenvalue weighted by molar-refractivity contribution is 7.89. The number of rotatable bonds is 4. The first-order valence-electron chi connectivity index (χ1n) is 5.34. The summed E-state index contributed by atoms with van der Waals surface area (Å²) in [7, 11) is -3.55. The summed E-state index contributed by atoms with van der Waals surface area (Å²) in [6.45, 7) is 3.68. The zero-order valence-electron chi connectivity index (χ0n) is 9.56. The second kappa shape index (κ2) is 5.10. The van der Waals surface area contributed by atoms with Crippen LogP contribution in [-0.2, 0) is 10.0 Å². The van der Waals surface area contributed by atoms with Crippen molar-refractivity contribution in [2.45, 2.75) is 4.90 Å². The molecule has 0 aliphatic rings. The Hall–Kier alpha value is -1.36. The van der Waals surface area contributed by atoms with Crippen molar-refractivity contribution < 1.29 is 8.42 Å². The number of sulfonamides is 1. The van der Waals surface area contributed by atoms with Crippen molar-refractivity contribution >= 4 is 32.4 Å². The number of benzene rings is 2. The first-order chi connectivity index (χ1) is 8.56. The summed E-state index contributed by atoms with van der Waals surface area (Å²) >= 11 is 6.05. The summed E-state index contributed by atoms with van der Waals surface area (Å²) in [5.74, 6) is 0. The Morgan fingerprint density at radius 1 is 1.17 bits per heavy atom. The van der Waals surface area contributed by atoms with Gasteiger partial charge in [0.15, 0.2) is 0 Å². The molecule has 5 heteroatoms. The minimum atomic E-state index is -3.55. The average Bonchev–Trinajstić information content (AvgIpc) is 2.37. The van der Waals surface area contributed by atoms with Crippen LogP contribution in [0, 0.1) is 0 Å². The Bertz CT molecular complexity index is 695. The van der Waals surface area contributed by atoms with Gasteiger partial charge in [-0.15, -0.1) is 6.58 Å². The minimum Gasteiger partial charge on any atom is -0.207 e. The lowest BCUT2D eigenvalue weighted by molar-refractivity contribution is 0.586. The lowest BCUT2D eigenvalue weighted by Crippen LogP contribution is -2.23. The van der Waals surface area contributed by atoms with Crippen LogP contribution in [0.5, 0.6) is 0 Å². The van der Waals surface area contributed by atoms with Gasteiger partial charge in [-0.05, 0) is 12.1 Å². The summed E-state index contributed by atoms with van der Waals surface area (Å²) in [5, 5.41) is 1.87. The van der Waals surface area contributed by atoms with Crippen LogP contribution in [-0.4, -0.2) is 15.0 Å². The third-order valence-electron chi connectivity index (χ3n) is 2.54. The molecule has 0 spiro atoms. The molecule has 0 atom stereocenters. The van der Waals surface area contributed by atoms with Crippen molar-refractivity contribution in [3.8, 4) is 0 Å². The van der Waals surface area contributed by atoms with Crippen LogP contribution >= 0.6 is 11.6 Å². The Kier molecular flexibility index (Phi) is 3.71. The van der Waals surface area contributed by atoms with E-state index in [4.69, 9.17) is 11.6 Å². The SMILES string of the molecule is C=CCNS(=O)(=O)c1ccc(Cl)c2ccccc12. The fourth-order valence-corrected chi connectivity index (χ4v) is 3.15. The Morgan fingerprint density at radius 3 is 2.50 bits per heavy atom. The predicted molar refractivity (Wildman–Crippen MR) is 74.3 cm³/mol. The van der Waals surface area contributed by atoms with E-state index in [1.54, 1.807) is 24.3 Å². The summed E-state index contributed by atoms with van der Waals surface area (Å²) in [6, 6.07) is 10.2. The van der Waals surface area contributed by atoms with Gasteiger partial charge in [0.1, 0.15) is 0 Å². The van der Waals surface area contributed by atoms with Crippen LogP contribution in [0.3, 0.4) is 0 Å². The van der Waals surface area contributed by atoms with Crippen LogP contribution in [0.2, 0.25) is 5.02 Å². The molecule has 0 saturated heterocycles. The Balaban J connectivity index is 2.66. The third kappa shape index (κ3) is 2.41. The quantitative estimate of drug-likeness (QED) is 0.876. The van der Waals surface area contributed by atoms with E-state index in [0.29, 0.717) is 10.4 Å². The standard InChI is InChI=1S/C13H12ClNO2S/c1-2-9-15-18(16,17)13-8-7-12(14)10-5-3-4-6-11(10)13/h2-8,15H,1,9H2.